The summed E-state index contributed by atoms with van der Waals surface area (Å²) in [7, 11) is -2.32. The molecule has 8 nitrogen and oxygen atoms in total. The molecular formula is C20H23F2N3O5S. The number of rotatable bonds is 9. The molecule has 3 rings (SSSR count). The molecule has 0 aliphatic heterocycles. The summed E-state index contributed by atoms with van der Waals surface area (Å²) in [6, 6.07) is 8.89. The van der Waals surface area contributed by atoms with Crippen molar-refractivity contribution in [2.24, 2.45) is 0 Å². The van der Waals surface area contributed by atoms with E-state index in [1.165, 1.54) is 43.5 Å². The number of carbonyl (C=O) groups excluding carboxylic acids is 1. The quantitative estimate of drug-likeness (QED) is 0.536. The lowest BCUT2D eigenvalue weighted by Crippen LogP contribution is -2.31. The number of hydrogen-bond donors (Lipinski definition) is 3. The second-order valence-electron chi connectivity index (χ2n) is 7.03. The van der Waals surface area contributed by atoms with Crippen molar-refractivity contribution in [1.29, 1.82) is 0 Å². The van der Waals surface area contributed by atoms with Crippen LogP contribution in [0.15, 0.2) is 47.4 Å². The van der Waals surface area contributed by atoms with Crippen LogP contribution in [-0.2, 0) is 10.0 Å². The second-order valence-corrected chi connectivity index (χ2v) is 8.74. The number of hydrogen-bond acceptors (Lipinski definition) is 5. The smallest absolute Gasteiger partial charge is 0.387 e. The van der Waals surface area contributed by atoms with E-state index in [9.17, 15) is 22.0 Å². The van der Waals surface area contributed by atoms with Gasteiger partial charge in [0.25, 0.3) is 0 Å². The second kappa shape index (κ2) is 9.48. The third-order valence-corrected chi connectivity index (χ3v) is 6.08. The van der Waals surface area contributed by atoms with E-state index in [-0.39, 0.29) is 28.1 Å². The summed E-state index contributed by atoms with van der Waals surface area (Å²) in [5.74, 6) is 0.254. The number of methoxy groups -OCH3 is 1. The molecule has 168 valence electrons. The van der Waals surface area contributed by atoms with Crippen LogP contribution < -0.4 is 24.8 Å². The lowest BCUT2D eigenvalue weighted by Gasteiger charge is -2.17. The molecule has 11 heteroatoms. The van der Waals surface area contributed by atoms with Crippen LogP contribution in [0.5, 0.6) is 11.5 Å². The summed E-state index contributed by atoms with van der Waals surface area (Å²) in [6.45, 7) is -1.29. The Kier molecular flexibility index (Phi) is 6.96. The Morgan fingerprint density at radius 1 is 1.16 bits per heavy atom. The van der Waals surface area contributed by atoms with Crippen molar-refractivity contribution in [3.8, 4) is 11.5 Å². The van der Waals surface area contributed by atoms with Crippen LogP contribution in [0.3, 0.4) is 0 Å². The molecule has 1 atom stereocenters. The van der Waals surface area contributed by atoms with Gasteiger partial charge in [0, 0.05) is 6.04 Å². The van der Waals surface area contributed by atoms with Crippen molar-refractivity contribution < 1.29 is 31.5 Å². The topological polar surface area (TPSA) is 106 Å². The highest BCUT2D eigenvalue weighted by molar-refractivity contribution is 7.89. The average Bonchev–Trinajstić information content (AvgIpc) is 3.50. The molecule has 0 spiro atoms. The molecule has 2 aromatic carbocycles. The van der Waals surface area contributed by atoms with Gasteiger partial charge in [-0.05, 0) is 55.7 Å². The van der Waals surface area contributed by atoms with Crippen molar-refractivity contribution in [1.82, 2.24) is 10.0 Å². The summed E-state index contributed by atoms with van der Waals surface area (Å²) < 4.78 is 61.9. The SMILES string of the molecule is COc1ccc(S(=O)(=O)NC2CC2)cc1NC(=O)NC(C)c1cccc(OC(F)F)c1. The van der Waals surface area contributed by atoms with E-state index in [1.807, 2.05) is 0 Å². The minimum Gasteiger partial charge on any atom is -0.495 e. The van der Waals surface area contributed by atoms with E-state index in [2.05, 4.69) is 20.1 Å². The molecule has 31 heavy (non-hydrogen) atoms. The van der Waals surface area contributed by atoms with Crippen LogP contribution in [0, 0.1) is 0 Å². The Balaban J connectivity index is 1.71. The number of urea groups is 1. The summed E-state index contributed by atoms with van der Waals surface area (Å²) >= 11 is 0. The molecular weight excluding hydrogens is 432 g/mol. The number of nitrogens with one attached hydrogen (secondary N) is 3. The van der Waals surface area contributed by atoms with Gasteiger partial charge in [-0.2, -0.15) is 8.78 Å². The number of anilines is 1. The molecule has 2 amide bonds. The van der Waals surface area contributed by atoms with Gasteiger partial charge in [0.15, 0.2) is 0 Å². The fraction of sp³-hybridized carbons (Fsp3) is 0.350. The van der Waals surface area contributed by atoms with Crippen molar-refractivity contribution in [2.75, 3.05) is 12.4 Å². The predicted octanol–water partition coefficient (Wildman–Crippen LogP) is 3.62. The van der Waals surface area contributed by atoms with E-state index in [0.717, 1.165) is 12.8 Å². The predicted molar refractivity (Wildman–Crippen MR) is 110 cm³/mol. The van der Waals surface area contributed by atoms with Gasteiger partial charge in [-0.15, -0.1) is 0 Å². The van der Waals surface area contributed by atoms with Gasteiger partial charge in [-0.25, -0.2) is 17.9 Å². The molecule has 0 heterocycles. The van der Waals surface area contributed by atoms with Crippen LogP contribution in [0.2, 0.25) is 0 Å². The molecule has 1 aliphatic carbocycles. The van der Waals surface area contributed by atoms with Crippen LogP contribution in [0.4, 0.5) is 19.3 Å². The highest BCUT2D eigenvalue weighted by Gasteiger charge is 2.28. The third-order valence-electron chi connectivity index (χ3n) is 4.56. The van der Waals surface area contributed by atoms with Gasteiger partial charge < -0.3 is 20.1 Å². The lowest BCUT2D eigenvalue weighted by atomic mass is 10.1. The zero-order valence-corrected chi connectivity index (χ0v) is 17.7. The summed E-state index contributed by atoms with van der Waals surface area (Å²) in [5, 5.41) is 5.24. The van der Waals surface area contributed by atoms with Gasteiger partial charge in [0.05, 0.1) is 23.7 Å². The maximum absolute atomic E-state index is 12.5. The minimum atomic E-state index is -3.71. The fourth-order valence-electron chi connectivity index (χ4n) is 2.84. The first-order valence-corrected chi connectivity index (χ1v) is 11.0. The van der Waals surface area contributed by atoms with Crippen LogP contribution in [0.25, 0.3) is 0 Å². The Morgan fingerprint density at radius 3 is 2.55 bits per heavy atom. The van der Waals surface area contributed by atoms with Crippen LogP contribution in [-0.4, -0.2) is 34.2 Å². The lowest BCUT2D eigenvalue weighted by molar-refractivity contribution is -0.0499. The molecule has 1 aliphatic rings. The fourth-order valence-corrected chi connectivity index (χ4v) is 4.17. The largest absolute Gasteiger partial charge is 0.495 e. The van der Waals surface area contributed by atoms with Crippen molar-refractivity contribution >= 4 is 21.7 Å². The van der Waals surface area contributed by atoms with Gasteiger partial charge in [-0.3, -0.25) is 0 Å². The molecule has 2 aromatic rings. The molecule has 0 radical (unpaired) electrons. The van der Waals surface area contributed by atoms with Gasteiger partial charge in [0.1, 0.15) is 11.5 Å². The molecule has 0 saturated heterocycles. The number of amides is 2. The van der Waals surface area contributed by atoms with Crippen molar-refractivity contribution in [3.05, 3.63) is 48.0 Å². The molecule has 1 unspecified atom stereocenters. The number of alkyl halides is 2. The van der Waals surface area contributed by atoms with E-state index >= 15 is 0 Å². The summed E-state index contributed by atoms with van der Waals surface area (Å²) in [5.41, 5.74) is 0.714. The van der Waals surface area contributed by atoms with Crippen molar-refractivity contribution in [3.63, 3.8) is 0 Å². The molecule has 1 saturated carbocycles. The normalized spacial score (nSPS) is 14.7. The maximum Gasteiger partial charge on any atom is 0.387 e. The zero-order chi connectivity index (χ0) is 22.6. The molecule has 1 fully saturated rings. The van der Waals surface area contributed by atoms with E-state index in [4.69, 9.17) is 4.74 Å². The number of carbonyl (C=O) groups is 1. The average molecular weight is 455 g/mol. The van der Waals surface area contributed by atoms with Crippen molar-refractivity contribution in [2.45, 2.75) is 43.4 Å². The minimum absolute atomic E-state index is 0.000368. The Morgan fingerprint density at radius 2 is 1.90 bits per heavy atom. The van der Waals surface area contributed by atoms with Crippen LogP contribution >= 0.6 is 0 Å². The zero-order valence-electron chi connectivity index (χ0n) is 16.9. The molecule has 3 N–H and O–H groups in total. The monoisotopic (exact) mass is 455 g/mol. The summed E-state index contributed by atoms with van der Waals surface area (Å²) in [4.78, 5) is 12.5. The maximum atomic E-state index is 12.5. The summed E-state index contributed by atoms with van der Waals surface area (Å²) in [6.07, 6.45) is 1.59. The van der Waals surface area contributed by atoms with E-state index in [1.54, 1.807) is 13.0 Å². The Bertz CT molecular complexity index is 1040. The number of benzene rings is 2. The Labute approximate surface area is 179 Å². The van der Waals surface area contributed by atoms with Gasteiger partial charge >= 0.3 is 12.6 Å². The van der Waals surface area contributed by atoms with Gasteiger partial charge in [0.2, 0.25) is 10.0 Å². The first-order valence-electron chi connectivity index (χ1n) is 9.50. The van der Waals surface area contributed by atoms with Gasteiger partial charge in [-0.1, -0.05) is 12.1 Å². The standard InChI is InChI=1S/C20H23F2N3O5S/c1-12(13-4-3-5-15(10-13)30-19(21)22)23-20(26)24-17-11-16(8-9-18(17)29-2)31(27,28)25-14-6-7-14/h3-5,8-12,14,19,25H,6-7H2,1-2H3,(H2,23,24,26). The number of ether oxygens (including phenoxy) is 2. The molecule has 0 bridgehead atoms. The molecule has 0 aromatic heterocycles. The number of halogens is 2. The number of sulfonamides is 1. The van der Waals surface area contributed by atoms with E-state index in [0.29, 0.717) is 5.56 Å². The van der Waals surface area contributed by atoms with E-state index < -0.39 is 28.7 Å². The first kappa shape index (κ1) is 22.8. The first-order chi connectivity index (χ1) is 14.7. The third kappa shape index (κ3) is 6.28. The highest BCUT2D eigenvalue weighted by atomic mass is 32.2. The van der Waals surface area contributed by atoms with Crippen LogP contribution in [0.1, 0.15) is 31.4 Å². The Hall–Kier alpha value is -2.92. The highest BCUT2D eigenvalue weighted by Crippen LogP contribution is 2.29.